The SMILES string of the molecule is COc1ccc2cc([C@H](C)c3nnc(SCc4ccc(F)cc4)n3-c3ccc(F)cc3)ccc2c1. The predicted molar refractivity (Wildman–Crippen MR) is 135 cm³/mol. The number of ether oxygens (including phenoxy) is 1. The number of rotatable bonds is 7. The molecule has 0 fully saturated rings. The summed E-state index contributed by atoms with van der Waals surface area (Å²) in [6.07, 6.45) is 0. The molecule has 0 saturated carbocycles. The van der Waals surface area contributed by atoms with Gasteiger partial charge in [-0.05, 0) is 70.4 Å². The summed E-state index contributed by atoms with van der Waals surface area (Å²) in [6, 6.07) is 25.0. The maximum atomic E-state index is 13.7. The summed E-state index contributed by atoms with van der Waals surface area (Å²) >= 11 is 1.50. The van der Waals surface area contributed by atoms with Crippen molar-refractivity contribution in [2.45, 2.75) is 23.8 Å². The van der Waals surface area contributed by atoms with Crippen molar-refractivity contribution >= 4 is 22.5 Å². The molecule has 0 unspecified atom stereocenters. The number of thioether (sulfide) groups is 1. The molecule has 0 bridgehead atoms. The summed E-state index contributed by atoms with van der Waals surface area (Å²) in [6.45, 7) is 2.09. The van der Waals surface area contributed by atoms with Gasteiger partial charge in [0, 0.05) is 17.4 Å². The summed E-state index contributed by atoms with van der Waals surface area (Å²) in [4.78, 5) is 0. The normalized spacial score (nSPS) is 12.1. The average molecular weight is 488 g/mol. The summed E-state index contributed by atoms with van der Waals surface area (Å²) in [5.74, 6) is 1.54. The van der Waals surface area contributed by atoms with Crippen LogP contribution in [0, 0.1) is 11.6 Å². The zero-order valence-corrected chi connectivity index (χ0v) is 20.1. The van der Waals surface area contributed by atoms with Crippen LogP contribution in [0.1, 0.15) is 29.8 Å². The standard InChI is InChI=1S/C28H23F2N3OS/c1-18(20-5-6-22-16-26(34-2)14-7-21(22)15-20)27-31-32-28(33(27)25-12-10-24(30)11-13-25)35-17-19-3-8-23(29)9-4-19/h3-16,18H,17H2,1-2H3/t18-/m0/s1. The van der Waals surface area contributed by atoms with Gasteiger partial charge >= 0.3 is 0 Å². The van der Waals surface area contributed by atoms with Crippen molar-refractivity contribution in [3.05, 3.63) is 114 Å². The Labute approximate surface area is 206 Å². The lowest BCUT2D eigenvalue weighted by Crippen LogP contribution is -2.08. The number of nitrogens with zero attached hydrogens (tertiary/aromatic N) is 3. The van der Waals surface area contributed by atoms with Crippen LogP contribution in [0.3, 0.4) is 0 Å². The van der Waals surface area contributed by atoms with Gasteiger partial charge in [0.15, 0.2) is 5.16 Å². The van der Waals surface area contributed by atoms with Crippen LogP contribution in [0.4, 0.5) is 8.78 Å². The Morgan fingerprint density at radius 3 is 2.20 bits per heavy atom. The molecule has 5 rings (SSSR count). The number of aromatic nitrogens is 3. The van der Waals surface area contributed by atoms with Crippen molar-refractivity contribution in [1.82, 2.24) is 14.8 Å². The molecule has 0 radical (unpaired) electrons. The molecule has 0 spiro atoms. The van der Waals surface area contributed by atoms with Gasteiger partial charge in [0.25, 0.3) is 0 Å². The van der Waals surface area contributed by atoms with Crippen LogP contribution in [0.2, 0.25) is 0 Å². The zero-order chi connectivity index (χ0) is 24.4. The minimum atomic E-state index is -0.304. The molecule has 1 aromatic heterocycles. The molecule has 5 aromatic rings. The van der Waals surface area contributed by atoms with Crippen molar-refractivity contribution in [1.29, 1.82) is 0 Å². The van der Waals surface area contributed by atoms with Crippen LogP contribution in [-0.4, -0.2) is 21.9 Å². The number of methoxy groups -OCH3 is 1. The van der Waals surface area contributed by atoms with E-state index in [2.05, 4.69) is 35.3 Å². The second-order valence-electron chi connectivity index (χ2n) is 8.26. The number of hydrogen-bond donors (Lipinski definition) is 0. The molecule has 4 aromatic carbocycles. The van der Waals surface area contributed by atoms with Crippen LogP contribution in [0.25, 0.3) is 16.5 Å². The smallest absolute Gasteiger partial charge is 0.196 e. The maximum absolute atomic E-state index is 13.7. The van der Waals surface area contributed by atoms with E-state index < -0.39 is 0 Å². The van der Waals surface area contributed by atoms with Crippen LogP contribution < -0.4 is 4.74 Å². The first-order valence-corrected chi connectivity index (χ1v) is 12.2. The molecular weight excluding hydrogens is 464 g/mol. The number of halogens is 2. The lowest BCUT2D eigenvalue weighted by atomic mass is 9.97. The summed E-state index contributed by atoms with van der Waals surface area (Å²) in [5, 5.41) is 11.9. The molecule has 0 aliphatic heterocycles. The molecule has 0 aliphatic carbocycles. The highest BCUT2D eigenvalue weighted by atomic mass is 32.2. The van der Waals surface area contributed by atoms with Crippen molar-refractivity contribution < 1.29 is 13.5 Å². The van der Waals surface area contributed by atoms with Gasteiger partial charge in [-0.2, -0.15) is 0 Å². The fraction of sp³-hybridized carbons (Fsp3) is 0.143. The minimum Gasteiger partial charge on any atom is -0.497 e. The van der Waals surface area contributed by atoms with Crippen LogP contribution in [-0.2, 0) is 5.75 Å². The van der Waals surface area contributed by atoms with E-state index in [1.54, 1.807) is 31.4 Å². The van der Waals surface area contributed by atoms with Crippen LogP contribution in [0.5, 0.6) is 5.75 Å². The molecule has 1 atom stereocenters. The fourth-order valence-electron chi connectivity index (χ4n) is 4.00. The van der Waals surface area contributed by atoms with Crippen LogP contribution >= 0.6 is 11.8 Å². The van der Waals surface area contributed by atoms with Crippen molar-refractivity contribution in [3.8, 4) is 11.4 Å². The third-order valence-electron chi connectivity index (χ3n) is 5.98. The molecule has 176 valence electrons. The van der Waals surface area contributed by atoms with E-state index in [1.807, 2.05) is 22.8 Å². The highest BCUT2D eigenvalue weighted by Gasteiger charge is 2.21. The van der Waals surface area contributed by atoms with Gasteiger partial charge in [0.2, 0.25) is 0 Å². The Morgan fingerprint density at radius 1 is 0.829 bits per heavy atom. The Balaban J connectivity index is 1.51. The Kier molecular flexibility index (Phi) is 6.51. The minimum absolute atomic E-state index is 0.0702. The second kappa shape index (κ2) is 9.88. The van der Waals surface area contributed by atoms with Gasteiger partial charge in [-0.3, -0.25) is 4.57 Å². The molecule has 0 aliphatic rings. The fourth-order valence-corrected chi connectivity index (χ4v) is 4.92. The van der Waals surface area contributed by atoms with E-state index in [9.17, 15) is 8.78 Å². The molecule has 35 heavy (non-hydrogen) atoms. The van der Waals surface area contributed by atoms with Crippen molar-refractivity contribution in [3.63, 3.8) is 0 Å². The lowest BCUT2D eigenvalue weighted by Gasteiger charge is -2.16. The number of benzene rings is 4. The van der Waals surface area contributed by atoms with E-state index in [4.69, 9.17) is 4.74 Å². The van der Waals surface area contributed by atoms with Gasteiger partial charge in [-0.15, -0.1) is 10.2 Å². The van der Waals surface area contributed by atoms with Gasteiger partial charge in [-0.25, -0.2) is 8.78 Å². The molecule has 4 nitrogen and oxygen atoms in total. The maximum Gasteiger partial charge on any atom is 0.196 e. The van der Waals surface area contributed by atoms with Crippen molar-refractivity contribution in [2.75, 3.05) is 7.11 Å². The van der Waals surface area contributed by atoms with Gasteiger partial charge < -0.3 is 4.74 Å². The van der Waals surface area contributed by atoms with Crippen LogP contribution in [0.15, 0.2) is 90.1 Å². The molecule has 0 amide bonds. The van der Waals surface area contributed by atoms with Gasteiger partial charge in [0.05, 0.1) is 7.11 Å². The first-order chi connectivity index (χ1) is 17.0. The first-order valence-electron chi connectivity index (χ1n) is 11.2. The van der Waals surface area contributed by atoms with Gasteiger partial charge in [0.1, 0.15) is 23.2 Å². The van der Waals surface area contributed by atoms with Crippen molar-refractivity contribution in [2.24, 2.45) is 0 Å². The third-order valence-corrected chi connectivity index (χ3v) is 6.98. The van der Waals surface area contributed by atoms with E-state index in [0.717, 1.165) is 39.2 Å². The largest absolute Gasteiger partial charge is 0.497 e. The summed E-state index contributed by atoms with van der Waals surface area (Å²) in [7, 11) is 1.66. The molecule has 0 saturated heterocycles. The summed E-state index contributed by atoms with van der Waals surface area (Å²) < 4.78 is 34.3. The Morgan fingerprint density at radius 2 is 1.49 bits per heavy atom. The number of fused-ring (bicyclic) bond motifs is 1. The second-order valence-corrected chi connectivity index (χ2v) is 9.20. The topological polar surface area (TPSA) is 39.9 Å². The lowest BCUT2D eigenvalue weighted by molar-refractivity contribution is 0.415. The molecular formula is C28H23F2N3OS. The summed E-state index contributed by atoms with van der Waals surface area (Å²) in [5.41, 5.74) is 2.85. The number of hydrogen-bond acceptors (Lipinski definition) is 4. The third kappa shape index (κ3) is 4.91. The van der Waals surface area contributed by atoms with E-state index in [1.165, 1.54) is 36.0 Å². The Bertz CT molecular complexity index is 1470. The van der Waals surface area contributed by atoms with E-state index in [0.29, 0.717) is 10.9 Å². The molecule has 1 heterocycles. The highest BCUT2D eigenvalue weighted by Crippen LogP contribution is 2.33. The van der Waals surface area contributed by atoms with E-state index in [-0.39, 0.29) is 17.6 Å². The van der Waals surface area contributed by atoms with Gasteiger partial charge in [-0.1, -0.05) is 55.1 Å². The average Bonchev–Trinajstić information content (AvgIpc) is 3.31. The molecule has 7 heteroatoms. The first kappa shape index (κ1) is 23.1. The quantitative estimate of drug-likeness (QED) is 0.229. The predicted octanol–water partition coefficient (Wildman–Crippen LogP) is 7.15. The van der Waals surface area contributed by atoms with E-state index >= 15 is 0 Å². The molecule has 0 N–H and O–H groups in total. The monoisotopic (exact) mass is 487 g/mol. The Hall–Kier alpha value is -3.71. The zero-order valence-electron chi connectivity index (χ0n) is 19.3. The highest BCUT2D eigenvalue weighted by molar-refractivity contribution is 7.98.